The van der Waals surface area contributed by atoms with Gasteiger partial charge in [-0.1, -0.05) is 60.8 Å². The van der Waals surface area contributed by atoms with Crippen LogP contribution in [-0.2, 0) is 19.2 Å². The van der Waals surface area contributed by atoms with Crippen LogP contribution in [0.2, 0.25) is 10.2 Å². The zero-order chi connectivity index (χ0) is 20.3. The van der Waals surface area contributed by atoms with Gasteiger partial charge in [0.1, 0.15) is 17.5 Å². The van der Waals surface area contributed by atoms with E-state index in [2.05, 4.69) is 4.37 Å². The van der Waals surface area contributed by atoms with Gasteiger partial charge in [-0.25, -0.2) is 0 Å². The number of halogens is 5. The van der Waals surface area contributed by atoms with Crippen molar-refractivity contribution in [3.63, 3.8) is 0 Å². The summed E-state index contributed by atoms with van der Waals surface area (Å²) in [5.74, 6) is 0.125. The van der Waals surface area contributed by atoms with Gasteiger partial charge in [0, 0.05) is 16.1 Å². The van der Waals surface area contributed by atoms with Gasteiger partial charge < -0.3 is 4.74 Å². The van der Waals surface area contributed by atoms with E-state index in [1.807, 2.05) is 19.1 Å². The minimum Gasteiger partial charge on any atom is -0.489 e. The van der Waals surface area contributed by atoms with E-state index in [0.717, 1.165) is 16.5 Å². The Morgan fingerprint density at radius 2 is 1.86 bits per heavy atom. The van der Waals surface area contributed by atoms with Crippen LogP contribution in [0.3, 0.4) is 0 Å². The van der Waals surface area contributed by atoms with Crippen LogP contribution in [0.15, 0.2) is 42.5 Å². The lowest BCUT2D eigenvalue weighted by molar-refractivity contribution is -0.138. The third-order valence-corrected chi connectivity index (χ3v) is 5.81. The quantitative estimate of drug-likeness (QED) is 0.388. The molecule has 2 aromatic carbocycles. The molecule has 2 nitrogen and oxygen atoms in total. The van der Waals surface area contributed by atoms with Gasteiger partial charge in [0.05, 0.1) is 10.4 Å². The van der Waals surface area contributed by atoms with E-state index in [0.29, 0.717) is 23.4 Å². The molecule has 0 bridgehead atoms. The second-order valence-corrected chi connectivity index (χ2v) is 7.65. The van der Waals surface area contributed by atoms with E-state index < -0.39 is 11.7 Å². The van der Waals surface area contributed by atoms with Crippen LogP contribution in [0.5, 0.6) is 5.75 Å². The lowest BCUT2D eigenvalue weighted by Gasteiger charge is -2.15. The highest BCUT2D eigenvalue weighted by Gasteiger charge is 2.33. The molecular weight excluding hydrogens is 430 g/mol. The highest BCUT2D eigenvalue weighted by atomic mass is 35.5. The fourth-order valence-corrected chi connectivity index (χ4v) is 4.24. The molecule has 0 amide bonds. The van der Waals surface area contributed by atoms with Crippen LogP contribution in [0.4, 0.5) is 13.2 Å². The Hall–Kier alpha value is -1.76. The van der Waals surface area contributed by atoms with Crippen molar-refractivity contribution in [3.05, 3.63) is 69.3 Å². The van der Waals surface area contributed by atoms with E-state index in [-0.39, 0.29) is 23.1 Å². The Balaban J connectivity index is 1.88. The first kappa shape index (κ1) is 21.0. The fourth-order valence-electron chi connectivity index (χ4n) is 2.82. The number of hydrogen-bond donors (Lipinski definition) is 0. The van der Waals surface area contributed by atoms with Crippen LogP contribution < -0.4 is 4.74 Å². The van der Waals surface area contributed by atoms with Gasteiger partial charge in [-0.3, -0.25) is 0 Å². The largest absolute Gasteiger partial charge is 0.489 e. The molecule has 3 rings (SSSR count). The summed E-state index contributed by atoms with van der Waals surface area (Å²) in [5.41, 5.74) is 0.925. The molecule has 1 heterocycles. The Morgan fingerprint density at radius 3 is 2.54 bits per heavy atom. The summed E-state index contributed by atoms with van der Waals surface area (Å²) in [6.07, 6.45) is -3.46. The van der Waals surface area contributed by atoms with Gasteiger partial charge in [0.15, 0.2) is 0 Å². The predicted octanol–water partition coefficient (Wildman–Crippen LogP) is 7.67. The van der Waals surface area contributed by atoms with Crippen molar-refractivity contribution < 1.29 is 17.9 Å². The first-order valence-electron chi connectivity index (χ1n) is 8.53. The smallest absolute Gasteiger partial charge is 0.416 e. The Labute approximate surface area is 175 Å². The predicted molar refractivity (Wildman–Crippen MR) is 107 cm³/mol. The summed E-state index contributed by atoms with van der Waals surface area (Å²) in [7, 11) is 0. The zero-order valence-corrected chi connectivity index (χ0v) is 17.1. The van der Waals surface area contributed by atoms with E-state index in [1.54, 1.807) is 18.2 Å². The average Bonchev–Trinajstić information content (AvgIpc) is 3.01. The molecular formula is C20H16Cl2F3NOS. The van der Waals surface area contributed by atoms with Gasteiger partial charge in [0.2, 0.25) is 0 Å². The lowest BCUT2D eigenvalue weighted by atomic mass is 10.0. The molecule has 0 unspecified atom stereocenters. The zero-order valence-electron chi connectivity index (χ0n) is 14.8. The molecule has 0 saturated carbocycles. The average molecular weight is 446 g/mol. The normalized spacial score (nSPS) is 11.6. The number of alkyl halides is 3. The molecule has 0 aliphatic carbocycles. The molecule has 8 heteroatoms. The van der Waals surface area contributed by atoms with Gasteiger partial charge in [-0.2, -0.15) is 17.5 Å². The summed E-state index contributed by atoms with van der Waals surface area (Å²) in [5, 5.41) is 0.783. The van der Waals surface area contributed by atoms with Crippen LogP contribution in [0, 0.1) is 0 Å². The number of hydrogen-bond acceptors (Lipinski definition) is 3. The maximum atomic E-state index is 13.4. The number of aromatic nitrogens is 1. The Morgan fingerprint density at radius 1 is 1.11 bits per heavy atom. The first-order chi connectivity index (χ1) is 13.3. The second kappa shape index (κ2) is 8.72. The second-order valence-electron chi connectivity index (χ2n) is 6.12. The Bertz CT molecular complexity index is 972. The molecule has 0 fully saturated rings. The molecule has 0 spiro atoms. The maximum Gasteiger partial charge on any atom is 0.416 e. The number of aryl methyl sites for hydroxylation is 1. The third kappa shape index (κ3) is 4.62. The standard InChI is InChI=1S/C20H16Cl2F3NOS/c1-2-5-12-8-9-13(10-16(12)20(23,24)25)27-11-15-18(28-26-19(15)22)14-6-3-4-7-17(14)21/h3-4,6-10H,2,5,11H2,1H3. The van der Waals surface area contributed by atoms with Crippen molar-refractivity contribution in [2.75, 3.05) is 0 Å². The molecule has 0 N–H and O–H groups in total. The molecule has 28 heavy (non-hydrogen) atoms. The number of ether oxygens (including phenoxy) is 1. The van der Waals surface area contributed by atoms with Crippen LogP contribution >= 0.6 is 34.7 Å². The highest BCUT2D eigenvalue weighted by Crippen LogP contribution is 2.38. The summed E-state index contributed by atoms with van der Waals surface area (Å²) >= 11 is 13.6. The minimum atomic E-state index is -4.44. The van der Waals surface area contributed by atoms with Crippen molar-refractivity contribution in [1.82, 2.24) is 4.37 Å². The first-order valence-corrected chi connectivity index (χ1v) is 10.1. The topological polar surface area (TPSA) is 22.1 Å². The van der Waals surface area contributed by atoms with Gasteiger partial charge in [-0.15, -0.1) is 0 Å². The number of nitrogens with zero attached hydrogens (tertiary/aromatic N) is 1. The van der Waals surface area contributed by atoms with Gasteiger partial charge >= 0.3 is 6.18 Å². The van der Waals surface area contributed by atoms with Crippen LogP contribution in [-0.4, -0.2) is 4.37 Å². The van der Waals surface area contributed by atoms with E-state index in [1.165, 1.54) is 17.6 Å². The van der Waals surface area contributed by atoms with Crippen molar-refractivity contribution in [2.24, 2.45) is 0 Å². The lowest BCUT2D eigenvalue weighted by Crippen LogP contribution is -2.10. The molecule has 0 radical (unpaired) electrons. The SMILES string of the molecule is CCCc1ccc(OCc2c(Cl)nsc2-c2ccccc2Cl)cc1C(F)(F)F. The third-order valence-electron chi connectivity index (χ3n) is 4.15. The number of benzene rings is 2. The van der Waals surface area contributed by atoms with Crippen LogP contribution in [0.25, 0.3) is 10.4 Å². The van der Waals surface area contributed by atoms with E-state index >= 15 is 0 Å². The maximum absolute atomic E-state index is 13.4. The molecule has 3 aromatic rings. The number of rotatable bonds is 6. The van der Waals surface area contributed by atoms with Gasteiger partial charge in [-0.05, 0) is 41.7 Å². The molecule has 1 aromatic heterocycles. The van der Waals surface area contributed by atoms with Gasteiger partial charge in [0.25, 0.3) is 0 Å². The van der Waals surface area contributed by atoms with Crippen molar-refractivity contribution >= 4 is 34.7 Å². The molecule has 0 aliphatic rings. The summed E-state index contributed by atoms with van der Waals surface area (Å²) in [4.78, 5) is 0.731. The van der Waals surface area contributed by atoms with Crippen molar-refractivity contribution in [1.29, 1.82) is 0 Å². The van der Waals surface area contributed by atoms with E-state index in [9.17, 15) is 13.2 Å². The van der Waals surface area contributed by atoms with Crippen molar-refractivity contribution in [2.45, 2.75) is 32.5 Å². The summed E-state index contributed by atoms with van der Waals surface area (Å²) < 4.78 is 49.9. The highest BCUT2D eigenvalue weighted by molar-refractivity contribution is 7.10. The molecule has 0 aliphatic heterocycles. The Kier molecular flexibility index (Phi) is 6.53. The monoisotopic (exact) mass is 445 g/mol. The molecule has 148 valence electrons. The van der Waals surface area contributed by atoms with E-state index in [4.69, 9.17) is 27.9 Å². The molecule has 0 saturated heterocycles. The molecule has 0 atom stereocenters. The minimum absolute atomic E-state index is 0.0136. The van der Waals surface area contributed by atoms with Crippen molar-refractivity contribution in [3.8, 4) is 16.2 Å². The summed E-state index contributed by atoms with van der Waals surface area (Å²) in [6.45, 7) is 1.83. The summed E-state index contributed by atoms with van der Waals surface area (Å²) in [6, 6.07) is 11.3. The fraction of sp³-hybridized carbons (Fsp3) is 0.250. The van der Waals surface area contributed by atoms with Crippen LogP contribution in [0.1, 0.15) is 30.0 Å².